The molecule has 0 rings (SSSR count). The van der Waals surface area contributed by atoms with E-state index in [-0.39, 0.29) is 6.61 Å². The van der Waals surface area contributed by atoms with Gasteiger partial charge in [-0.05, 0) is 12.5 Å². The molecule has 0 heterocycles. The van der Waals surface area contributed by atoms with E-state index in [1.54, 1.807) is 0 Å². The molecule has 7 heavy (non-hydrogen) atoms. The summed E-state index contributed by atoms with van der Waals surface area (Å²) in [5.41, 5.74) is 1.03. The summed E-state index contributed by atoms with van der Waals surface area (Å²) < 4.78 is 0. The molecule has 0 unspecified atom stereocenters. The van der Waals surface area contributed by atoms with Gasteiger partial charge in [0, 0.05) is 5.33 Å². The lowest BCUT2D eigenvalue weighted by molar-refractivity contribution is 0.332. The lowest BCUT2D eigenvalue weighted by Gasteiger charge is -1.91. The third-order valence-electron chi connectivity index (χ3n) is 0.783. The Hall–Kier alpha value is 0.180. The van der Waals surface area contributed by atoms with Gasteiger partial charge in [-0.25, -0.2) is 0 Å². The molecule has 0 aromatic rings. The number of alkyl halides is 1. The smallest absolute Gasteiger partial charge is 0.0649 e. The van der Waals surface area contributed by atoms with Crippen LogP contribution in [0.2, 0.25) is 0 Å². The molecule has 42 valence electrons. The molecule has 0 aliphatic heterocycles. The predicted octanol–water partition coefficient (Wildman–Crippen LogP) is 1.32. The van der Waals surface area contributed by atoms with E-state index in [1.165, 1.54) is 0 Å². The molecule has 0 aromatic heterocycles. The highest BCUT2D eigenvalue weighted by atomic mass is 79.9. The normalized spacial score (nSPS) is 12.1. The summed E-state index contributed by atoms with van der Waals surface area (Å²) in [4.78, 5) is 0. The molecule has 0 saturated carbocycles. The predicted molar refractivity (Wildman–Crippen MR) is 34.6 cm³/mol. The summed E-state index contributed by atoms with van der Waals surface area (Å²) >= 11 is 3.21. The van der Waals surface area contributed by atoms with E-state index in [0.717, 1.165) is 10.9 Å². The Bertz CT molecular complexity index is 62.5. The number of halogens is 1. The van der Waals surface area contributed by atoms with Crippen molar-refractivity contribution >= 4 is 15.9 Å². The highest BCUT2D eigenvalue weighted by Crippen LogP contribution is 1.95. The number of hydrogen-bond acceptors (Lipinski definition) is 1. The summed E-state index contributed by atoms with van der Waals surface area (Å²) in [5, 5.41) is 9.21. The van der Waals surface area contributed by atoms with Gasteiger partial charge in [0.25, 0.3) is 0 Å². The first-order valence-corrected chi connectivity index (χ1v) is 3.28. The van der Waals surface area contributed by atoms with Crippen molar-refractivity contribution < 1.29 is 5.11 Å². The highest BCUT2D eigenvalue weighted by Gasteiger charge is 1.84. The van der Waals surface area contributed by atoms with Crippen molar-refractivity contribution in [1.29, 1.82) is 0 Å². The van der Waals surface area contributed by atoms with E-state index in [2.05, 4.69) is 15.9 Å². The second kappa shape index (κ2) is 4.34. The number of hydrogen-bond donors (Lipinski definition) is 1. The van der Waals surface area contributed by atoms with Crippen molar-refractivity contribution in [1.82, 2.24) is 0 Å². The van der Waals surface area contributed by atoms with Gasteiger partial charge in [0.2, 0.25) is 0 Å². The largest absolute Gasteiger partial charge is 0.392 e. The van der Waals surface area contributed by atoms with Gasteiger partial charge in [0.15, 0.2) is 0 Å². The van der Waals surface area contributed by atoms with Crippen LogP contribution in [-0.4, -0.2) is 17.0 Å². The van der Waals surface area contributed by atoms with E-state index in [9.17, 15) is 0 Å². The van der Waals surface area contributed by atoms with Gasteiger partial charge >= 0.3 is 0 Å². The average Bonchev–Trinajstić information content (AvgIpc) is 1.72. The molecule has 0 saturated heterocycles. The first-order chi connectivity index (χ1) is 3.35. The molecule has 1 nitrogen and oxygen atoms in total. The van der Waals surface area contributed by atoms with Crippen LogP contribution in [0.3, 0.4) is 0 Å². The van der Waals surface area contributed by atoms with Gasteiger partial charge in [-0.3, -0.25) is 0 Å². The fourth-order valence-corrected chi connectivity index (χ4v) is 0.712. The molecule has 2 heteroatoms. The molecule has 0 bridgehead atoms. The van der Waals surface area contributed by atoms with Crippen molar-refractivity contribution in [2.24, 2.45) is 0 Å². The third kappa shape index (κ3) is 2.83. The minimum atomic E-state index is 0.168. The average molecular weight is 165 g/mol. The summed E-state index contributed by atoms with van der Waals surface area (Å²) in [7, 11) is 0. The zero-order chi connectivity index (χ0) is 5.70. The second-order valence-electron chi connectivity index (χ2n) is 1.24. The van der Waals surface area contributed by atoms with Crippen LogP contribution < -0.4 is 0 Å². The Labute approximate surface area is 52.2 Å². The van der Waals surface area contributed by atoms with Crippen molar-refractivity contribution in [3.05, 3.63) is 11.6 Å². The van der Waals surface area contributed by atoms with Gasteiger partial charge in [0.05, 0.1) is 6.61 Å². The van der Waals surface area contributed by atoms with Gasteiger partial charge in [-0.15, -0.1) is 0 Å². The lowest BCUT2D eigenvalue weighted by atomic mass is 10.3. The maximum Gasteiger partial charge on any atom is 0.0649 e. The second-order valence-corrected chi connectivity index (χ2v) is 1.80. The maximum absolute atomic E-state index is 8.43. The van der Waals surface area contributed by atoms with E-state index in [0.29, 0.717) is 0 Å². The van der Waals surface area contributed by atoms with Crippen molar-refractivity contribution in [3.8, 4) is 0 Å². The van der Waals surface area contributed by atoms with Crippen LogP contribution in [0.5, 0.6) is 0 Å². The summed E-state index contributed by atoms with van der Waals surface area (Å²) in [6, 6.07) is 0. The van der Waals surface area contributed by atoms with Crippen LogP contribution in [0.15, 0.2) is 11.6 Å². The number of aliphatic hydroxyl groups is 1. The first kappa shape index (κ1) is 7.18. The Kier molecular flexibility index (Phi) is 4.45. The quantitative estimate of drug-likeness (QED) is 0.483. The lowest BCUT2D eigenvalue weighted by Crippen LogP contribution is -1.88. The molecule has 0 amide bonds. The monoisotopic (exact) mass is 164 g/mol. The third-order valence-corrected chi connectivity index (χ3v) is 1.50. The minimum Gasteiger partial charge on any atom is -0.392 e. The SMILES string of the molecule is C/C=C(\CO)CBr. The van der Waals surface area contributed by atoms with Gasteiger partial charge < -0.3 is 5.11 Å². The van der Waals surface area contributed by atoms with Gasteiger partial charge in [-0.1, -0.05) is 22.0 Å². The van der Waals surface area contributed by atoms with Crippen molar-refractivity contribution in [2.75, 3.05) is 11.9 Å². The van der Waals surface area contributed by atoms with E-state index < -0.39 is 0 Å². The Morgan fingerprint density at radius 1 is 1.86 bits per heavy atom. The zero-order valence-corrected chi connectivity index (χ0v) is 5.90. The topological polar surface area (TPSA) is 20.2 Å². The van der Waals surface area contributed by atoms with Crippen LogP contribution in [0.4, 0.5) is 0 Å². The maximum atomic E-state index is 8.43. The van der Waals surface area contributed by atoms with E-state index >= 15 is 0 Å². The van der Waals surface area contributed by atoms with Crippen molar-refractivity contribution in [2.45, 2.75) is 6.92 Å². The van der Waals surface area contributed by atoms with E-state index in [1.807, 2.05) is 13.0 Å². The van der Waals surface area contributed by atoms with Gasteiger partial charge in [-0.2, -0.15) is 0 Å². The molecule has 0 radical (unpaired) electrons. The fourth-order valence-electron chi connectivity index (χ4n) is 0.211. The highest BCUT2D eigenvalue weighted by molar-refractivity contribution is 9.09. The molecule has 1 N–H and O–H groups in total. The molecule has 0 atom stereocenters. The number of allylic oxidation sites excluding steroid dienone is 1. The molecular weight excluding hydrogens is 156 g/mol. The minimum absolute atomic E-state index is 0.168. The standard InChI is InChI=1S/C5H9BrO/c1-2-5(3-6)4-7/h2,7H,3-4H2,1H3/b5-2-. The summed E-state index contributed by atoms with van der Waals surface area (Å²) in [5.74, 6) is 0. The van der Waals surface area contributed by atoms with Crippen molar-refractivity contribution in [3.63, 3.8) is 0 Å². The Morgan fingerprint density at radius 2 is 2.43 bits per heavy atom. The van der Waals surface area contributed by atoms with E-state index in [4.69, 9.17) is 5.11 Å². The number of aliphatic hydroxyl groups excluding tert-OH is 1. The van der Waals surface area contributed by atoms with Crippen LogP contribution in [0.1, 0.15) is 6.92 Å². The molecule has 0 spiro atoms. The molecule has 0 aliphatic carbocycles. The van der Waals surface area contributed by atoms with Crippen LogP contribution in [0, 0.1) is 0 Å². The number of rotatable bonds is 2. The first-order valence-electron chi connectivity index (χ1n) is 2.16. The van der Waals surface area contributed by atoms with Crippen LogP contribution in [-0.2, 0) is 0 Å². The Balaban J connectivity index is 3.38. The molecule has 0 fully saturated rings. The van der Waals surface area contributed by atoms with Gasteiger partial charge in [0.1, 0.15) is 0 Å². The summed E-state index contributed by atoms with van der Waals surface area (Å²) in [6.45, 7) is 2.08. The molecule has 0 aliphatic rings. The van der Waals surface area contributed by atoms with Crippen LogP contribution in [0.25, 0.3) is 0 Å². The summed E-state index contributed by atoms with van der Waals surface area (Å²) in [6.07, 6.45) is 1.90. The molecule has 0 aromatic carbocycles. The molecular formula is C5H9BrO. The van der Waals surface area contributed by atoms with Crippen LogP contribution >= 0.6 is 15.9 Å². The Morgan fingerprint density at radius 3 is 2.43 bits per heavy atom. The fraction of sp³-hybridized carbons (Fsp3) is 0.600. The zero-order valence-electron chi connectivity index (χ0n) is 4.32.